The highest BCUT2D eigenvalue weighted by atomic mass is 32.2. The molecule has 1 aliphatic heterocycles. The predicted octanol–water partition coefficient (Wildman–Crippen LogP) is 1.14. The maximum Gasteiger partial charge on any atom is 0.240 e. The van der Waals surface area contributed by atoms with E-state index in [4.69, 9.17) is 9.47 Å². The molecule has 0 spiro atoms. The number of aromatic nitrogens is 2. The summed E-state index contributed by atoms with van der Waals surface area (Å²) in [6.45, 7) is 3.80. The summed E-state index contributed by atoms with van der Waals surface area (Å²) in [5.74, 6) is 0.837. The third-order valence-corrected chi connectivity index (χ3v) is 4.79. The van der Waals surface area contributed by atoms with Crippen LogP contribution >= 0.6 is 11.8 Å². The standard InChI is InChI=1S/C18H20N4O5S/c1-2-5-19-16(24)8-22-13(9-23)7-20-18(22)28-10-17(25)21-12-3-4-14-15(6-12)27-11-26-14/h2-4,6-7,23H,1,5,8-11H2,(H,19,24)(H,21,25). The minimum absolute atomic E-state index is 0.00412. The van der Waals surface area contributed by atoms with Gasteiger partial charge in [0.25, 0.3) is 0 Å². The summed E-state index contributed by atoms with van der Waals surface area (Å²) >= 11 is 1.17. The van der Waals surface area contributed by atoms with Crippen molar-refractivity contribution in [2.24, 2.45) is 0 Å². The van der Waals surface area contributed by atoms with Crippen molar-refractivity contribution in [1.82, 2.24) is 14.9 Å². The van der Waals surface area contributed by atoms with E-state index in [1.807, 2.05) is 0 Å². The van der Waals surface area contributed by atoms with Gasteiger partial charge in [0.05, 0.1) is 24.3 Å². The van der Waals surface area contributed by atoms with E-state index in [2.05, 4.69) is 22.2 Å². The zero-order valence-corrected chi connectivity index (χ0v) is 15.8. The molecule has 3 rings (SSSR count). The Morgan fingerprint density at radius 1 is 1.32 bits per heavy atom. The normalized spacial score (nSPS) is 11.9. The maximum absolute atomic E-state index is 12.3. The van der Waals surface area contributed by atoms with E-state index in [9.17, 15) is 14.7 Å². The Morgan fingerprint density at radius 3 is 2.93 bits per heavy atom. The number of imidazole rings is 1. The fraction of sp³-hybridized carbons (Fsp3) is 0.278. The van der Waals surface area contributed by atoms with Crippen LogP contribution in [0, 0.1) is 0 Å². The molecule has 0 atom stereocenters. The van der Waals surface area contributed by atoms with Crippen molar-refractivity contribution in [1.29, 1.82) is 0 Å². The monoisotopic (exact) mass is 404 g/mol. The number of nitrogens with zero attached hydrogens (tertiary/aromatic N) is 2. The highest BCUT2D eigenvalue weighted by molar-refractivity contribution is 7.99. The fourth-order valence-electron chi connectivity index (χ4n) is 2.49. The lowest BCUT2D eigenvalue weighted by atomic mass is 10.3. The van der Waals surface area contributed by atoms with Gasteiger partial charge >= 0.3 is 0 Å². The van der Waals surface area contributed by atoms with Crippen LogP contribution < -0.4 is 20.1 Å². The Kier molecular flexibility index (Phi) is 6.56. The summed E-state index contributed by atoms with van der Waals surface area (Å²) in [6.07, 6.45) is 3.06. The van der Waals surface area contributed by atoms with Crippen molar-refractivity contribution >= 4 is 29.3 Å². The van der Waals surface area contributed by atoms with E-state index in [0.717, 1.165) is 0 Å². The number of aliphatic hydroxyl groups is 1. The molecule has 2 amide bonds. The molecule has 28 heavy (non-hydrogen) atoms. The lowest BCUT2D eigenvalue weighted by Gasteiger charge is -2.10. The van der Waals surface area contributed by atoms with E-state index in [-0.39, 0.29) is 37.5 Å². The van der Waals surface area contributed by atoms with Gasteiger partial charge in [-0.2, -0.15) is 0 Å². The number of hydrogen-bond acceptors (Lipinski definition) is 7. The van der Waals surface area contributed by atoms with Gasteiger partial charge in [-0.05, 0) is 12.1 Å². The zero-order chi connectivity index (χ0) is 19.9. The van der Waals surface area contributed by atoms with E-state index < -0.39 is 0 Å². The molecule has 0 bridgehead atoms. The molecule has 0 unspecified atom stereocenters. The third kappa shape index (κ3) is 4.84. The lowest BCUT2D eigenvalue weighted by molar-refractivity contribution is -0.121. The number of benzene rings is 1. The van der Waals surface area contributed by atoms with Gasteiger partial charge in [-0.1, -0.05) is 17.8 Å². The van der Waals surface area contributed by atoms with E-state index in [0.29, 0.717) is 34.6 Å². The number of hydrogen-bond donors (Lipinski definition) is 3. The molecule has 0 fully saturated rings. The number of fused-ring (bicyclic) bond motifs is 1. The largest absolute Gasteiger partial charge is 0.454 e. The Morgan fingerprint density at radius 2 is 2.14 bits per heavy atom. The Balaban J connectivity index is 1.59. The second-order valence-electron chi connectivity index (χ2n) is 5.77. The number of anilines is 1. The first-order valence-corrected chi connectivity index (χ1v) is 9.44. The van der Waals surface area contributed by atoms with Crippen LogP contribution in [0.25, 0.3) is 0 Å². The van der Waals surface area contributed by atoms with Crippen LogP contribution in [0.3, 0.4) is 0 Å². The van der Waals surface area contributed by atoms with Crippen LogP contribution in [0.4, 0.5) is 5.69 Å². The number of ether oxygens (including phenoxy) is 2. The fourth-order valence-corrected chi connectivity index (χ4v) is 3.29. The van der Waals surface area contributed by atoms with Crippen molar-refractivity contribution in [3.05, 3.63) is 42.7 Å². The van der Waals surface area contributed by atoms with Crippen LogP contribution in [0.5, 0.6) is 11.5 Å². The zero-order valence-electron chi connectivity index (χ0n) is 15.0. The molecular weight excluding hydrogens is 384 g/mol. The first kappa shape index (κ1) is 19.8. The molecule has 0 saturated heterocycles. The highest BCUT2D eigenvalue weighted by Crippen LogP contribution is 2.34. The van der Waals surface area contributed by atoms with Crippen LogP contribution in [0.1, 0.15) is 5.69 Å². The summed E-state index contributed by atoms with van der Waals surface area (Å²) in [4.78, 5) is 28.4. The van der Waals surface area contributed by atoms with Gasteiger partial charge in [0.15, 0.2) is 16.7 Å². The second kappa shape index (κ2) is 9.29. The molecule has 10 heteroatoms. The molecule has 9 nitrogen and oxygen atoms in total. The Hall–Kier alpha value is -2.98. The summed E-state index contributed by atoms with van der Waals surface area (Å²) in [5, 5.41) is 15.4. The molecule has 1 aromatic heterocycles. The molecule has 0 radical (unpaired) electrons. The number of nitrogens with one attached hydrogen (secondary N) is 2. The summed E-state index contributed by atoms with van der Waals surface area (Å²) in [7, 11) is 0. The summed E-state index contributed by atoms with van der Waals surface area (Å²) < 4.78 is 12.1. The smallest absolute Gasteiger partial charge is 0.240 e. The first-order valence-electron chi connectivity index (χ1n) is 8.46. The minimum atomic E-state index is -0.258. The van der Waals surface area contributed by atoms with E-state index in [1.54, 1.807) is 28.8 Å². The van der Waals surface area contributed by atoms with Crippen LogP contribution in [0.15, 0.2) is 42.2 Å². The molecular formula is C18H20N4O5S. The number of thioether (sulfide) groups is 1. The van der Waals surface area contributed by atoms with Gasteiger partial charge in [0.2, 0.25) is 18.6 Å². The number of aliphatic hydroxyl groups excluding tert-OH is 1. The minimum Gasteiger partial charge on any atom is -0.454 e. The molecule has 0 aliphatic carbocycles. The van der Waals surface area contributed by atoms with Gasteiger partial charge in [-0.3, -0.25) is 9.59 Å². The van der Waals surface area contributed by atoms with Crippen molar-refractivity contribution in [3.63, 3.8) is 0 Å². The third-order valence-electron chi connectivity index (χ3n) is 3.80. The van der Waals surface area contributed by atoms with Gasteiger partial charge in [-0.25, -0.2) is 4.98 Å². The van der Waals surface area contributed by atoms with Gasteiger partial charge < -0.3 is 29.8 Å². The molecule has 2 aromatic rings. The summed E-state index contributed by atoms with van der Waals surface area (Å²) in [6, 6.07) is 5.15. The van der Waals surface area contributed by atoms with Crippen LogP contribution in [0.2, 0.25) is 0 Å². The Labute approximate surface area is 165 Å². The van der Waals surface area contributed by atoms with Crippen LogP contribution in [-0.2, 0) is 22.7 Å². The number of carbonyl (C=O) groups is 2. The molecule has 3 N–H and O–H groups in total. The Bertz CT molecular complexity index is 883. The molecule has 2 heterocycles. The molecule has 1 aliphatic rings. The SMILES string of the molecule is C=CCNC(=O)Cn1c(CO)cnc1SCC(=O)Nc1ccc2c(c1)OCO2. The van der Waals surface area contributed by atoms with Gasteiger partial charge in [0.1, 0.15) is 6.54 Å². The molecule has 0 saturated carbocycles. The van der Waals surface area contributed by atoms with Crippen molar-refractivity contribution in [2.45, 2.75) is 18.3 Å². The second-order valence-corrected chi connectivity index (χ2v) is 6.72. The van der Waals surface area contributed by atoms with Crippen molar-refractivity contribution < 1.29 is 24.2 Å². The van der Waals surface area contributed by atoms with E-state index in [1.165, 1.54) is 18.0 Å². The highest BCUT2D eigenvalue weighted by Gasteiger charge is 2.16. The van der Waals surface area contributed by atoms with Gasteiger partial charge in [-0.15, -0.1) is 6.58 Å². The number of carbonyl (C=O) groups excluding carboxylic acids is 2. The maximum atomic E-state index is 12.3. The lowest BCUT2D eigenvalue weighted by Crippen LogP contribution is -2.28. The number of rotatable bonds is 9. The average molecular weight is 404 g/mol. The van der Waals surface area contributed by atoms with Crippen molar-refractivity contribution in [2.75, 3.05) is 24.4 Å². The van der Waals surface area contributed by atoms with Gasteiger partial charge in [0, 0.05) is 18.3 Å². The first-order chi connectivity index (χ1) is 13.6. The van der Waals surface area contributed by atoms with E-state index >= 15 is 0 Å². The number of amides is 2. The predicted molar refractivity (Wildman–Crippen MR) is 103 cm³/mol. The van der Waals surface area contributed by atoms with Crippen LogP contribution in [-0.4, -0.2) is 45.6 Å². The molecule has 148 valence electrons. The van der Waals surface area contributed by atoms with Crippen molar-refractivity contribution in [3.8, 4) is 11.5 Å². The molecule has 1 aromatic carbocycles. The average Bonchev–Trinajstić information content (AvgIpc) is 3.31. The summed E-state index contributed by atoms with van der Waals surface area (Å²) in [5.41, 5.74) is 1.09. The quantitative estimate of drug-likeness (QED) is 0.424. The topological polar surface area (TPSA) is 115 Å².